The van der Waals surface area contributed by atoms with Crippen LogP contribution < -0.4 is 10.6 Å². The van der Waals surface area contributed by atoms with Crippen LogP contribution in [0.3, 0.4) is 0 Å². The molecule has 1 atom stereocenters. The first kappa shape index (κ1) is 26.0. The van der Waals surface area contributed by atoms with Gasteiger partial charge in [0.25, 0.3) is 0 Å². The Hall–Kier alpha value is -3.08. The molecular weight excluding hydrogens is 529 g/mol. The number of nitrogens with zero attached hydrogens (tertiary/aromatic N) is 2. The van der Waals surface area contributed by atoms with Gasteiger partial charge in [-0.2, -0.15) is 13.2 Å². The molecule has 0 aliphatic carbocycles. The molecule has 0 radical (unpaired) electrons. The second-order valence-electron chi connectivity index (χ2n) is 7.64. The molecule has 36 heavy (non-hydrogen) atoms. The number of amides is 1. The summed E-state index contributed by atoms with van der Waals surface area (Å²) in [4.78, 5) is 13.2. The molecule has 1 heterocycles. The number of anilines is 3. The van der Waals surface area contributed by atoms with Crippen LogP contribution >= 0.6 is 34.7 Å². The highest BCUT2D eigenvalue weighted by molar-refractivity contribution is 8.02. The highest BCUT2D eigenvalue weighted by Crippen LogP contribution is 2.40. The highest BCUT2D eigenvalue weighted by atomic mass is 35.5. The summed E-state index contributed by atoms with van der Waals surface area (Å²) < 4.78 is 40.3. The van der Waals surface area contributed by atoms with Crippen molar-refractivity contribution in [1.29, 1.82) is 0 Å². The summed E-state index contributed by atoms with van der Waals surface area (Å²) in [5, 5.41) is 13.5. The van der Waals surface area contributed by atoms with Gasteiger partial charge < -0.3 is 10.6 Å². The molecule has 0 fully saturated rings. The van der Waals surface area contributed by atoms with Crippen molar-refractivity contribution in [2.75, 3.05) is 10.6 Å². The third-order valence-electron chi connectivity index (χ3n) is 5.12. The summed E-state index contributed by atoms with van der Waals surface area (Å²) in [5.74, 6) is -0.499. The van der Waals surface area contributed by atoms with Crippen LogP contribution in [0.25, 0.3) is 0 Å². The summed E-state index contributed by atoms with van der Waals surface area (Å²) in [6.45, 7) is 2.08. The zero-order chi connectivity index (χ0) is 25.7. The van der Waals surface area contributed by atoms with Crippen molar-refractivity contribution in [2.45, 2.75) is 29.1 Å². The molecular formula is C25H20ClF3N4OS2. The van der Waals surface area contributed by atoms with Crippen molar-refractivity contribution in [1.82, 2.24) is 10.2 Å². The van der Waals surface area contributed by atoms with Crippen LogP contribution in [-0.2, 0) is 17.4 Å². The van der Waals surface area contributed by atoms with E-state index in [2.05, 4.69) is 27.8 Å². The third-order valence-corrected chi connectivity index (χ3v) is 7.63. The van der Waals surface area contributed by atoms with E-state index >= 15 is 0 Å². The van der Waals surface area contributed by atoms with Gasteiger partial charge in [0.1, 0.15) is 5.25 Å². The molecule has 1 amide bonds. The number of aromatic nitrogens is 2. The predicted octanol–water partition coefficient (Wildman–Crippen LogP) is 7.99. The molecule has 0 spiro atoms. The normalized spacial score (nSPS) is 12.2. The maximum Gasteiger partial charge on any atom is 0.417 e. The fraction of sp³-hybridized carbons (Fsp3) is 0.160. The lowest BCUT2D eigenvalue weighted by molar-refractivity contribution is -0.137. The minimum Gasteiger partial charge on any atom is -0.330 e. The Balaban J connectivity index is 1.53. The van der Waals surface area contributed by atoms with E-state index in [1.165, 1.54) is 23.0 Å². The van der Waals surface area contributed by atoms with Crippen LogP contribution in [0, 0.1) is 0 Å². The van der Waals surface area contributed by atoms with Crippen molar-refractivity contribution in [3.8, 4) is 0 Å². The maximum atomic E-state index is 13.3. The van der Waals surface area contributed by atoms with Gasteiger partial charge in [-0.05, 0) is 47.9 Å². The van der Waals surface area contributed by atoms with E-state index in [9.17, 15) is 18.0 Å². The number of alkyl halides is 3. The fourth-order valence-corrected chi connectivity index (χ4v) is 5.47. The number of carbonyl (C=O) groups excluding carboxylic acids is 1. The van der Waals surface area contributed by atoms with E-state index in [-0.39, 0.29) is 5.69 Å². The van der Waals surface area contributed by atoms with E-state index in [1.807, 2.05) is 30.3 Å². The number of benzene rings is 3. The minimum atomic E-state index is -4.64. The molecule has 186 valence electrons. The summed E-state index contributed by atoms with van der Waals surface area (Å²) in [5.41, 5.74) is 1.73. The number of aryl methyl sites for hydroxylation is 1. The molecule has 1 unspecified atom stereocenters. The molecule has 0 bridgehead atoms. The van der Waals surface area contributed by atoms with Gasteiger partial charge in [-0.3, -0.25) is 4.79 Å². The quantitative estimate of drug-likeness (QED) is 0.218. The lowest BCUT2D eigenvalue weighted by atomic mass is 10.1. The van der Waals surface area contributed by atoms with Gasteiger partial charge in [-0.15, -0.1) is 10.2 Å². The zero-order valence-electron chi connectivity index (χ0n) is 18.8. The summed E-state index contributed by atoms with van der Waals surface area (Å²) in [7, 11) is 0. The molecule has 0 saturated heterocycles. The van der Waals surface area contributed by atoms with Gasteiger partial charge in [-0.25, -0.2) is 0 Å². The van der Waals surface area contributed by atoms with E-state index in [0.29, 0.717) is 15.0 Å². The standard InChI is InChI=1S/C25H20ClF3N4OS2/c1-2-15-8-10-17(11-9-15)31-23-32-33-24(36-23)35-21(16-6-4-3-5-7-16)22(34)30-18-12-13-20(26)19(14-18)25(27,28)29/h3-14,21H,2H2,1H3,(H,30,34)(H,31,32). The lowest BCUT2D eigenvalue weighted by Crippen LogP contribution is -2.19. The molecule has 0 aliphatic heterocycles. The lowest BCUT2D eigenvalue weighted by Gasteiger charge is -2.17. The number of carbonyl (C=O) groups is 1. The summed E-state index contributed by atoms with van der Waals surface area (Å²) in [6.07, 6.45) is -3.70. The Morgan fingerprint density at radius 2 is 1.72 bits per heavy atom. The second-order valence-corrected chi connectivity index (χ2v) is 10.4. The average molecular weight is 549 g/mol. The summed E-state index contributed by atoms with van der Waals surface area (Å²) in [6, 6.07) is 20.2. The van der Waals surface area contributed by atoms with Crippen molar-refractivity contribution >= 4 is 57.1 Å². The first-order chi connectivity index (χ1) is 17.2. The van der Waals surface area contributed by atoms with Crippen LogP contribution in [-0.4, -0.2) is 16.1 Å². The van der Waals surface area contributed by atoms with E-state index in [0.717, 1.165) is 36.0 Å². The van der Waals surface area contributed by atoms with Crippen molar-refractivity contribution in [2.24, 2.45) is 0 Å². The predicted molar refractivity (Wildman–Crippen MR) is 139 cm³/mol. The Morgan fingerprint density at radius 1 is 1.03 bits per heavy atom. The van der Waals surface area contributed by atoms with Gasteiger partial charge in [0.15, 0.2) is 4.34 Å². The first-order valence-corrected chi connectivity index (χ1v) is 12.9. The van der Waals surface area contributed by atoms with Crippen molar-refractivity contribution in [3.63, 3.8) is 0 Å². The Labute approximate surface area is 219 Å². The zero-order valence-corrected chi connectivity index (χ0v) is 21.2. The molecule has 4 aromatic rings. The largest absolute Gasteiger partial charge is 0.417 e. The van der Waals surface area contributed by atoms with Crippen molar-refractivity contribution in [3.05, 3.63) is 94.5 Å². The number of rotatable bonds is 8. The Kier molecular flexibility index (Phi) is 8.17. The van der Waals surface area contributed by atoms with Crippen LogP contribution in [0.2, 0.25) is 5.02 Å². The third kappa shape index (κ3) is 6.57. The average Bonchev–Trinajstić information content (AvgIpc) is 3.31. The Morgan fingerprint density at radius 3 is 2.39 bits per heavy atom. The number of nitrogens with one attached hydrogen (secondary N) is 2. The first-order valence-electron chi connectivity index (χ1n) is 10.8. The van der Waals surface area contributed by atoms with Crippen LogP contribution in [0.15, 0.2) is 77.1 Å². The molecule has 0 saturated carbocycles. The van der Waals surface area contributed by atoms with E-state index < -0.39 is 27.9 Å². The monoisotopic (exact) mass is 548 g/mol. The second kappa shape index (κ2) is 11.3. The molecule has 0 aliphatic rings. The number of hydrogen-bond acceptors (Lipinski definition) is 6. The molecule has 3 aromatic carbocycles. The van der Waals surface area contributed by atoms with E-state index in [4.69, 9.17) is 11.6 Å². The molecule has 1 aromatic heterocycles. The fourth-order valence-electron chi connectivity index (χ4n) is 3.28. The number of thioether (sulfide) groups is 1. The van der Waals surface area contributed by atoms with E-state index in [1.54, 1.807) is 24.3 Å². The van der Waals surface area contributed by atoms with Crippen LogP contribution in [0.5, 0.6) is 0 Å². The minimum absolute atomic E-state index is 0.00611. The number of hydrogen-bond donors (Lipinski definition) is 2. The molecule has 5 nitrogen and oxygen atoms in total. The SMILES string of the molecule is CCc1ccc(Nc2nnc(SC(C(=O)Nc3ccc(Cl)c(C(F)(F)F)c3)c3ccccc3)s2)cc1. The van der Waals surface area contributed by atoms with Gasteiger partial charge >= 0.3 is 6.18 Å². The smallest absolute Gasteiger partial charge is 0.330 e. The Bertz CT molecular complexity index is 1330. The number of halogens is 4. The van der Waals surface area contributed by atoms with Gasteiger partial charge in [-0.1, -0.05) is 84.1 Å². The van der Waals surface area contributed by atoms with Gasteiger partial charge in [0.05, 0.1) is 10.6 Å². The topological polar surface area (TPSA) is 66.9 Å². The maximum absolute atomic E-state index is 13.3. The molecule has 11 heteroatoms. The summed E-state index contributed by atoms with van der Waals surface area (Å²) >= 11 is 8.14. The van der Waals surface area contributed by atoms with Crippen LogP contribution in [0.4, 0.5) is 29.7 Å². The molecule has 4 rings (SSSR count). The molecule has 2 N–H and O–H groups in total. The van der Waals surface area contributed by atoms with Crippen molar-refractivity contribution < 1.29 is 18.0 Å². The van der Waals surface area contributed by atoms with Gasteiger partial charge in [0, 0.05) is 11.4 Å². The van der Waals surface area contributed by atoms with Gasteiger partial charge in [0.2, 0.25) is 11.0 Å². The highest BCUT2D eigenvalue weighted by Gasteiger charge is 2.34. The van der Waals surface area contributed by atoms with Crippen LogP contribution in [0.1, 0.15) is 28.9 Å².